The highest BCUT2D eigenvalue weighted by atomic mass is 32.1. The van der Waals surface area contributed by atoms with Crippen LogP contribution < -0.4 is 14.8 Å². The minimum atomic E-state index is -0.285. The Labute approximate surface area is 183 Å². The lowest BCUT2D eigenvalue weighted by Gasteiger charge is -2.31. The van der Waals surface area contributed by atoms with E-state index in [0.717, 1.165) is 18.4 Å². The SMILES string of the molecule is COc1ccc(-c2csc(NC(=O)C3CCCN(C(=O)c4ccoc4)C3)n2)c(OC)c1. The van der Waals surface area contributed by atoms with Crippen LogP contribution in [0.5, 0.6) is 11.5 Å². The summed E-state index contributed by atoms with van der Waals surface area (Å²) >= 11 is 1.35. The summed E-state index contributed by atoms with van der Waals surface area (Å²) in [4.78, 5) is 31.6. The van der Waals surface area contributed by atoms with E-state index in [0.29, 0.717) is 41.0 Å². The van der Waals surface area contributed by atoms with E-state index in [1.54, 1.807) is 31.3 Å². The van der Waals surface area contributed by atoms with Crippen LogP contribution in [0.3, 0.4) is 0 Å². The van der Waals surface area contributed by atoms with E-state index in [2.05, 4.69) is 10.3 Å². The van der Waals surface area contributed by atoms with Crippen LogP contribution in [-0.2, 0) is 4.79 Å². The fraction of sp³-hybridized carbons (Fsp3) is 0.318. The molecule has 4 rings (SSSR count). The molecule has 0 aliphatic carbocycles. The summed E-state index contributed by atoms with van der Waals surface area (Å²) in [5, 5.41) is 5.28. The van der Waals surface area contributed by atoms with Gasteiger partial charge in [-0.15, -0.1) is 11.3 Å². The number of hydrogen-bond acceptors (Lipinski definition) is 7. The molecule has 3 aromatic rings. The summed E-state index contributed by atoms with van der Waals surface area (Å²) < 4.78 is 15.7. The average molecular weight is 442 g/mol. The number of piperidine rings is 1. The number of ether oxygens (including phenoxy) is 2. The number of anilines is 1. The van der Waals surface area contributed by atoms with Crippen LogP contribution in [0.1, 0.15) is 23.2 Å². The number of nitrogens with zero attached hydrogens (tertiary/aromatic N) is 2. The summed E-state index contributed by atoms with van der Waals surface area (Å²) in [6.45, 7) is 1.01. The molecule has 3 heterocycles. The third kappa shape index (κ3) is 4.56. The smallest absolute Gasteiger partial charge is 0.257 e. The monoisotopic (exact) mass is 441 g/mol. The molecule has 1 unspecified atom stereocenters. The van der Waals surface area contributed by atoms with Crippen molar-refractivity contribution >= 4 is 28.3 Å². The normalized spacial score (nSPS) is 16.1. The lowest BCUT2D eigenvalue weighted by Crippen LogP contribution is -2.43. The van der Waals surface area contributed by atoms with E-state index in [-0.39, 0.29) is 17.7 Å². The van der Waals surface area contributed by atoms with Gasteiger partial charge in [-0.25, -0.2) is 4.98 Å². The summed E-state index contributed by atoms with van der Waals surface area (Å²) in [6, 6.07) is 7.14. The number of nitrogens with one attached hydrogen (secondary N) is 1. The largest absolute Gasteiger partial charge is 0.497 e. The predicted molar refractivity (Wildman–Crippen MR) is 117 cm³/mol. The van der Waals surface area contributed by atoms with Crippen LogP contribution in [-0.4, -0.2) is 49.0 Å². The Kier molecular flexibility index (Phi) is 6.22. The second kappa shape index (κ2) is 9.22. The molecule has 0 saturated carbocycles. The van der Waals surface area contributed by atoms with Crippen molar-refractivity contribution in [1.29, 1.82) is 0 Å². The number of carbonyl (C=O) groups is 2. The molecule has 8 nitrogen and oxygen atoms in total. The first-order valence-electron chi connectivity index (χ1n) is 9.89. The van der Waals surface area contributed by atoms with Crippen LogP contribution in [0.2, 0.25) is 0 Å². The van der Waals surface area contributed by atoms with Crippen molar-refractivity contribution in [2.75, 3.05) is 32.6 Å². The van der Waals surface area contributed by atoms with Crippen LogP contribution >= 0.6 is 11.3 Å². The fourth-order valence-electron chi connectivity index (χ4n) is 3.62. The number of methoxy groups -OCH3 is 2. The van der Waals surface area contributed by atoms with Crippen molar-refractivity contribution in [3.63, 3.8) is 0 Å². The van der Waals surface area contributed by atoms with Crippen molar-refractivity contribution in [3.8, 4) is 22.8 Å². The third-order valence-electron chi connectivity index (χ3n) is 5.27. The van der Waals surface area contributed by atoms with Crippen LogP contribution in [0, 0.1) is 5.92 Å². The quantitative estimate of drug-likeness (QED) is 0.623. The average Bonchev–Trinajstić information content (AvgIpc) is 3.50. The Morgan fingerprint density at radius 3 is 2.87 bits per heavy atom. The van der Waals surface area contributed by atoms with Gasteiger partial charge in [0.1, 0.15) is 17.8 Å². The van der Waals surface area contributed by atoms with Crippen LogP contribution in [0.25, 0.3) is 11.3 Å². The van der Waals surface area contributed by atoms with E-state index >= 15 is 0 Å². The lowest BCUT2D eigenvalue weighted by molar-refractivity contribution is -0.121. The molecule has 31 heavy (non-hydrogen) atoms. The van der Waals surface area contributed by atoms with Gasteiger partial charge >= 0.3 is 0 Å². The number of hydrogen-bond donors (Lipinski definition) is 1. The highest BCUT2D eigenvalue weighted by molar-refractivity contribution is 7.14. The maximum atomic E-state index is 12.8. The molecule has 1 aliphatic heterocycles. The summed E-state index contributed by atoms with van der Waals surface area (Å²) in [5.74, 6) is 0.800. The number of aromatic nitrogens is 1. The van der Waals surface area contributed by atoms with Gasteiger partial charge in [0.15, 0.2) is 5.13 Å². The number of carbonyl (C=O) groups excluding carboxylic acids is 2. The van der Waals surface area contributed by atoms with Crippen molar-refractivity contribution in [2.24, 2.45) is 5.92 Å². The molecule has 0 spiro atoms. The van der Waals surface area contributed by atoms with Gasteiger partial charge in [0, 0.05) is 30.1 Å². The first-order valence-corrected chi connectivity index (χ1v) is 10.8. The van der Waals surface area contributed by atoms with Crippen molar-refractivity contribution in [1.82, 2.24) is 9.88 Å². The molecule has 1 aromatic carbocycles. The molecule has 0 radical (unpaired) electrons. The van der Waals surface area contributed by atoms with Gasteiger partial charge in [0.2, 0.25) is 5.91 Å². The van der Waals surface area contributed by atoms with Crippen molar-refractivity contribution in [2.45, 2.75) is 12.8 Å². The zero-order valence-corrected chi connectivity index (χ0v) is 18.1. The molecule has 1 aliphatic rings. The standard InChI is InChI=1S/C22H23N3O5S/c1-28-16-5-6-17(19(10-16)29-2)18-13-31-22(23-18)24-20(26)14-4-3-8-25(11-14)21(27)15-7-9-30-12-15/h5-7,9-10,12-14H,3-4,8,11H2,1-2H3,(H,23,24,26). The van der Waals surface area contributed by atoms with E-state index in [9.17, 15) is 9.59 Å². The van der Waals surface area contributed by atoms with Crippen LogP contribution in [0.4, 0.5) is 5.13 Å². The Morgan fingerprint density at radius 1 is 1.26 bits per heavy atom. The van der Waals surface area contributed by atoms with E-state index in [1.165, 1.54) is 23.9 Å². The first kappa shape index (κ1) is 20.9. The second-order valence-electron chi connectivity index (χ2n) is 7.20. The predicted octanol–water partition coefficient (Wildman–Crippen LogP) is 3.91. The van der Waals surface area contributed by atoms with Gasteiger partial charge in [-0.1, -0.05) is 0 Å². The number of rotatable bonds is 6. The Hall–Kier alpha value is -3.33. The van der Waals surface area contributed by atoms with E-state index in [4.69, 9.17) is 13.9 Å². The van der Waals surface area contributed by atoms with Gasteiger partial charge < -0.3 is 24.1 Å². The van der Waals surface area contributed by atoms with Gasteiger partial charge in [-0.05, 0) is 31.0 Å². The fourth-order valence-corrected chi connectivity index (χ4v) is 4.33. The lowest BCUT2D eigenvalue weighted by atomic mass is 9.97. The number of likely N-dealkylation sites (tertiary alicyclic amines) is 1. The minimum Gasteiger partial charge on any atom is -0.497 e. The molecule has 1 atom stereocenters. The summed E-state index contributed by atoms with van der Waals surface area (Å²) in [5.41, 5.74) is 2.02. The minimum absolute atomic E-state index is 0.116. The second-order valence-corrected chi connectivity index (χ2v) is 8.05. The molecule has 1 fully saturated rings. The maximum Gasteiger partial charge on any atom is 0.257 e. The number of benzene rings is 1. The molecular weight excluding hydrogens is 418 g/mol. The molecule has 2 aromatic heterocycles. The molecule has 1 N–H and O–H groups in total. The Morgan fingerprint density at radius 2 is 2.13 bits per heavy atom. The zero-order valence-electron chi connectivity index (χ0n) is 17.3. The zero-order chi connectivity index (χ0) is 21.8. The first-order chi connectivity index (χ1) is 15.1. The van der Waals surface area contributed by atoms with E-state index in [1.807, 2.05) is 17.5 Å². The van der Waals surface area contributed by atoms with Crippen LogP contribution in [0.15, 0.2) is 46.6 Å². The van der Waals surface area contributed by atoms with Gasteiger partial charge in [0.05, 0.1) is 37.7 Å². The Balaban J connectivity index is 1.43. The van der Waals surface area contributed by atoms with Gasteiger partial charge in [-0.3, -0.25) is 9.59 Å². The van der Waals surface area contributed by atoms with E-state index < -0.39 is 0 Å². The molecular formula is C22H23N3O5S. The summed E-state index contributed by atoms with van der Waals surface area (Å²) in [6.07, 6.45) is 4.40. The topological polar surface area (TPSA) is 93.9 Å². The van der Waals surface area contributed by atoms with Gasteiger partial charge in [0.25, 0.3) is 5.91 Å². The number of amides is 2. The highest BCUT2D eigenvalue weighted by Crippen LogP contribution is 2.35. The third-order valence-corrected chi connectivity index (χ3v) is 6.02. The summed E-state index contributed by atoms with van der Waals surface area (Å²) in [7, 11) is 3.19. The van der Waals surface area contributed by atoms with Gasteiger partial charge in [-0.2, -0.15) is 0 Å². The Bertz CT molecular complexity index is 1060. The maximum absolute atomic E-state index is 12.8. The number of furan rings is 1. The molecule has 2 amide bonds. The highest BCUT2D eigenvalue weighted by Gasteiger charge is 2.29. The van der Waals surface area contributed by atoms with Crippen molar-refractivity contribution < 1.29 is 23.5 Å². The molecule has 9 heteroatoms. The molecule has 0 bridgehead atoms. The molecule has 1 saturated heterocycles. The van der Waals surface area contributed by atoms with Crippen molar-refractivity contribution in [3.05, 3.63) is 47.7 Å². The number of thiazole rings is 1. The molecule has 162 valence electrons.